The van der Waals surface area contributed by atoms with Crippen LogP contribution in [-0.2, 0) is 0 Å². The number of rotatable bonds is 10. The molecule has 3 N–H and O–H groups in total. The van der Waals surface area contributed by atoms with Crippen molar-refractivity contribution in [1.82, 2.24) is 4.57 Å². The summed E-state index contributed by atoms with van der Waals surface area (Å²) in [5.41, 5.74) is 9.44. The van der Waals surface area contributed by atoms with Crippen LogP contribution in [0.1, 0.15) is 44.6 Å². The van der Waals surface area contributed by atoms with Crippen LogP contribution in [0.2, 0.25) is 0 Å². The molecular formula is C23H29N3O. The largest absolute Gasteiger partial charge is 0.492 e. The number of nitrogens with two attached hydrogens (primary N) is 1. The summed E-state index contributed by atoms with van der Waals surface area (Å²) in [6.07, 6.45) is 7.59. The van der Waals surface area contributed by atoms with Gasteiger partial charge in [0.2, 0.25) is 0 Å². The SMILES string of the molecule is CCCCCCC(=N)c1cn(-c2ccccc2)c2ccc(OCCN)cc12. The molecule has 0 radical (unpaired) electrons. The van der Waals surface area contributed by atoms with Gasteiger partial charge in [-0.1, -0.05) is 44.4 Å². The maximum absolute atomic E-state index is 8.66. The number of benzene rings is 2. The molecule has 1 aromatic heterocycles. The Balaban J connectivity index is 1.98. The highest BCUT2D eigenvalue weighted by Gasteiger charge is 2.14. The van der Waals surface area contributed by atoms with Crippen molar-refractivity contribution < 1.29 is 4.74 Å². The van der Waals surface area contributed by atoms with E-state index in [2.05, 4.69) is 35.9 Å². The van der Waals surface area contributed by atoms with Gasteiger partial charge in [0.1, 0.15) is 12.4 Å². The van der Waals surface area contributed by atoms with Gasteiger partial charge < -0.3 is 20.4 Å². The quantitative estimate of drug-likeness (QED) is 0.379. The van der Waals surface area contributed by atoms with Gasteiger partial charge in [-0.15, -0.1) is 0 Å². The van der Waals surface area contributed by atoms with E-state index in [1.807, 2.05) is 30.3 Å². The fourth-order valence-electron chi connectivity index (χ4n) is 3.38. The molecule has 1 heterocycles. The Bertz CT molecular complexity index is 883. The summed E-state index contributed by atoms with van der Waals surface area (Å²) in [4.78, 5) is 0. The van der Waals surface area contributed by atoms with Crippen LogP contribution in [0, 0.1) is 5.41 Å². The molecule has 27 heavy (non-hydrogen) atoms. The zero-order valence-electron chi connectivity index (χ0n) is 16.1. The van der Waals surface area contributed by atoms with Crippen LogP contribution in [0.3, 0.4) is 0 Å². The van der Waals surface area contributed by atoms with E-state index in [4.69, 9.17) is 15.9 Å². The third-order valence-electron chi connectivity index (χ3n) is 4.80. The van der Waals surface area contributed by atoms with Gasteiger partial charge in [-0.25, -0.2) is 0 Å². The van der Waals surface area contributed by atoms with Gasteiger partial charge in [0.25, 0.3) is 0 Å². The summed E-state index contributed by atoms with van der Waals surface area (Å²) in [5.74, 6) is 0.804. The highest BCUT2D eigenvalue weighted by molar-refractivity contribution is 6.10. The molecule has 0 saturated heterocycles. The number of aromatic nitrogens is 1. The molecule has 3 aromatic rings. The highest BCUT2D eigenvalue weighted by atomic mass is 16.5. The first kappa shape index (κ1) is 19.2. The van der Waals surface area contributed by atoms with Crippen molar-refractivity contribution in [3.8, 4) is 11.4 Å². The van der Waals surface area contributed by atoms with Crippen LogP contribution in [0.25, 0.3) is 16.6 Å². The number of hydrogen-bond acceptors (Lipinski definition) is 3. The first-order chi connectivity index (χ1) is 13.2. The number of nitrogens with one attached hydrogen (secondary N) is 1. The van der Waals surface area contributed by atoms with Crippen molar-refractivity contribution in [1.29, 1.82) is 5.41 Å². The summed E-state index contributed by atoms with van der Waals surface area (Å²) in [6.45, 7) is 3.19. The molecule has 2 aromatic carbocycles. The van der Waals surface area contributed by atoms with Crippen molar-refractivity contribution in [3.63, 3.8) is 0 Å². The van der Waals surface area contributed by atoms with Crippen molar-refractivity contribution in [3.05, 3.63) is 60.3 Å². The van der Waals surface area contributed by atoms with Gasteiger partial charge in [-0.05, 0) is 43.2 Å². The minimum atomic E-state index is 0.489. The third kappa shape index (κ3) is 4.58. The van der Waals surface area contributed by atoms with Gasteiger partial charge in [-0.3, -0.25) is 0 Å². The Morgan fingerprint density at radius 2 is 1.89 bits per heavy atom. The molecule has 0 amide bonds. The lowest BCUT2D eigenvalue weighted by atomic mass is 10.0. The lowest BCUT2D eigenvalue weighted by molar-refractivity contribution is 0.329. The topological polar surface area (TPSA) is 64.0 Å². The minimum Gasteiger partial charge on any atom is -0.492 e. The predicted molar refractivity (Wildman–Crippen MR) is 113 cm³/mol. The van der Waals surface area contributed by atoms with Crippen LogP contribution in [0.4, 0.5) is 0 Å². The number of para-hydroxylation sites is 1. The van der Waals surface area contributed by atoms with Crippen LogP contribution < -0.4 is 10.5 Å². The Labute approximate surface area is 161 Å². The third-order valence-corrected chi connectivity index (χ3v) is 4.80. The maximum atomic E-state index is 8.66. The molecule has 0 atom stereocenters. The van der Waals surface area contributed by atoms with E-state index in [0.717, 1.165) is 40.7 Å². The average molecular weight is 364 g/mol. The number of ether oxygens (including phenoxy) is 1. The minimum absolute atomic E-state index is 0.489. The van der Waals surface area contributed by atoms with Gasteiger partial charge in [0.15, 0.2) is 0 Å². The normalized spacial score (nSPS) is 11.0. The zero-order valence-corrected chi connectivity index (χ0v) is 16.1. The Kier molecular flexibility index (Phi) is 6.66. The standard InChI is InChI=1S/C23H29N3O/c1-2-3-4-8-11-22(25)21-17-26(18-9-6-5-7-10-18)23-13-12-19(16-20(21)23)27-15-14-24/h5-7,9-10,12-13,16-17,25H,2-4,8,11,14-15,24H2,1H3. The summed E-state index contributed by atoms with van der Waals surface area (Å²) >= 11 is 0. The lowest BCUT2D eigenvalue weighted by Gasteiger charge is -2.07. The fraction of sp³-hybridized carbons (Fsp3) is 0.348. The van der Waals surface area contributed by atoms with E-state index in [-0.39, 0.29) is 0 Å². The molecule has 0 bridgehead atoms. The Morgan fingerprint density at radius 1 is 1.07 bits per heavy atom. The molecule has 0 aliphatic heterocycles. The first-order valence-electron chi connectivity index (χ1n) is 9.85. The van der Waals surface area contributed by atoms with E-state index >= 15 is 0 Å². The van der Waals surface area contributed by atoms with Gasteiger partial charge in [-0.2, -0.15) is 0 Å². The average Bonchev–Trinajstić information content (AvgIpc) is 3.09. The van der Waals surface area contributed by atoms with Crippen molar-refractivity contribution in [2.45, 2.75) is 39.0 Å². The smallest absolute Gasteiger partial charge is 0.120 e. The van der Waals surface area contributed by atoms with Crippen LogP contribution in [0.5, 0.6) is 5.75 Å². The van der Waals surface area contributed by atoms with E-state index in [1.165, 1.54) is 19.3 Å². The predicted octanol–water partition coefficient (Wildman–Crippen LogP) is 5.31. The summed E-state index contributed by atoms with van der Waals surface area (Å²) in [7, 11) is 0. The lowest BCUT2D eigenvalue weighted by Crippen LogP contribution is -2.10. The highest BCUT2D eigenvalue weighted by Crippen LogP contribution is 2.30. The molecule has 0 saturated carbocycles. The fourth-order valence-corrected chi connectivity index (χ4v) is 3.38. The number of unbranched alkanes of at least 4 members (excludes halogenated alkanes) is 3. The number of hydrogen-bond donors (Lipinski definition) is 2. The van der Waals surface area contributed by atoms with Crippen LogP contribution in [0.15, 0.2) is 54.7 Å². The second-order valence-corrected chi connectivity index (χ2v) is 6.85. The summed E-state index contributed by atoms with van der Waals surface area (Å²) < 4.78 is 7.89. The van der Waals surface area contributed by atoms with Gasteiger partial charge >= 0.3 is 0 Å². The maximum Gasteiger partial charge on any atom is 0.120 e. The summed E-state index contributed by atoms with van der Waals surface area (Å²) in [6, 6.07) is 16.4. The zero-order chi connectivity index (χ0) is 19.1. The summed E-state index contributed by atoms with van der Waals surface area (Å²) in [5, 5.41) is 9.72. The molecule has 0 aliphatic carbocycles. The molecule has 0 aliphatic rings. The van der Waals surface area contributed by atoms with Crippen molar-refractivity contribution >= 4 is 16.6 Å². The Morgan fingerprint density at radius 3 is 2.63 bits per heavy atom. The molecule has 3 rings (SSSR count). The molecule has 0 fully saturated rings. The van der Waals surface area contributed by atoms with E-state index < -0.39 is 0 Å². The van der Waals surface area contributed by atoms with Gasteiger partial charge in [0, 0.05) is 35.1 Å². The Hall–Kier alpha value is -2.59. The molecule has 142 valence electrons. The van der Waals surface area contributed by atoms with Crippen LogP contribution >= 0.6 is 0 Å². The first-order valence-corrected chi connectivity index (χ1v) is 9.85. The van der Waals surface area contributed by atoms with E-state index in [9.17, 15) is 0 Å². The molecule has 0 spiro atoms. The molecule has 4 nitrogen and oxygen atoms in total. The second-order valence-electron chi connectivity index (χ2n) is 6.85. The van der Waals surface area contributed by atoms with E-state index in [1.54, 1.807) is 0 Å². The van der Waals surface area contributed by atoms with E-state index in [0.29, 0.717) is 18.9 Å². The second kappa shape index (κ2) is 9.38. The van der Waals surface area contributed by atoms with Crippen molar-refractivity contribution in [2.75, 3.05) is 13.2 Å². The number of fused-ring (bicyclic) bond motifs is 1. The number of nitrogens with zero attached hydrogens (tertiary/aromatic N) is 1. The van der Waals surface area contributed by atoms with Gasteiger partial charge in [0.05, 0.1) is 5.52 Å². The van der Waals surface area contributed by atoms with Crippen LogP contribution in [-0.4, -0.2) is 23.4 Å². The molecule has 0 unspecified atom stereocenters. The monoisotopic (exact) mass is 363 g/mol. The molecule has 4 heteroatoms. The van der Waals surface area contributed by atoms with Crippen molar-refractivity contribution in [2.24, 2.45) is 5.73 Å². The molecular weight excluding hydrogens is 334 g/mol.